The molecule has 1 aromatic carbocycles. The van der Waals surface area contributed by atoms with Crippen molar-refractivity contribution in [3.63, 3.8) is 0 Å². The zero-order valence-corrected chi connectivity index (χ0v) is 11.5. The highest BCUT2D eigenvalue weighted by atomic mass is 79.9. The van der Waals surface area contributed by atoms with Crippen LogP contribution in [0.4, 0.5) is 0 Å². The third-order valence-electron chi connectivity index (χ3n) is 2.56. The normalized spacial score (nSPS) is 10.3. The molecule has 1 N–H and O–H groups in total. The van der Waals surface area contributed by atoms with Gasteiger partial charge in [0.05, 0.1) is 13.0 Å². The maximum atomic E-state index is 11.8. The summed E-state index contributed by atoms with van der Waals surface area (Å²) in [4.78, 5) is 11.8. The molecule has 0 aliphatic heterocycles. The Labute approximate surface area is 113 Å². The highest BCUT2D eigenvalue weighted by Crippen LogP contribution is 2.16. The second-order valence-electron chi connectivity index (χ2n) is 3.90. The number of halogens is 1. The summed E-state index contributed by atoms with van der Waals surface area (Å²) in [6.07, 6.45) is 1.95. The van der Waals surface area contributed by atoms with Crippen LogP contribution in [0.5, 0.6) is 0 Å². The molecule has 0 fully saturated rings. The molecule has 2 rings (SSSR count). The summed E-state index contributed by atoms with van der Waals surface area (Å²) in [5.74, 6) is 0.695. The van der Waals surface area contributed by atoms with E-state index in [0.29, 0.717) is 13.0 Å². The van der Waals surface area contributed by atoms with Gasteiger partial charge in [-0.15, -0.1) is 10.2 Å². The first-order valence-electron chi connectivity index (χ1n) is 5.50. The van der Waals surface area contributed by atoms with E-state index in [2.05, 4.69) is 31.4 Å². The molecule has 0 radical (unpaired) electrons. The summed E-state index contributed by atoms with van der Waals surface area (Å²) >= 11 is 3.42. The Morgan fingerprint density at radius 1 is 1.44 bits per heavy atom. The lowest BCUT2D eigenvalue weighted by atomic mass is 10.1. The van der Waals surface area contributed by atoms with Crippen molar-refractivity contribution >= 4 is 21.8 Å². The van der Waals surface area contributed by atoms with E-state index < -0.39 is 0 Å². The van der Waals surface area contributed by atoms with E-state index in [1.807, 2.05) is 31.3 Å². The number of nitrogens with one attached hydrogen (secondary N) is 1. The molecule has 1 aromatic heterocycles. The van der Waals surface area contributed by atoms with E-state index in [1.165, 1.54) is 0 Å². The Hall–Kier alpha value is -1.69. The van der Waals surface area contributed by atoms with Crippen LogP contribution in [0.15, 0.2) is 35.1 Å². The summed E-state index contributed by atoms with van der Waals surface area (Å²) < 4.78 is 2.72. The number of hydrogen-bond acceptors (Lipinski definition) is 3. The second kappa shape index (κ2) is 5.77. The SMILES string of the molecule is Cn1cnnc1CNC(=O)Cc1ccccc1Br. The molecule has 0 aliphatic carbocycles. The maximum Gasteiger partial charge on any atom is 0.224 e. The molecule has 18 heavy (non-hydrogen) atoms. The summed E-state index contributed by atoms with van der Waals surface area (Å²) in [7, 11) is 1.84. The van der Waals surface area contributed by atoms with E-state index in [1.54, 1.807) is 10.9 Å². The van der Waals surface area contributed by atoms with Gasteiger partial charge < -0.3 is 9.88 Å². The smallest absolute Gasteiger partial charge is 0.224 e. The molecule has 0 atom stereocenters. The number of aryl methyl sites for hydroxylation is 1. The molecular weight excluding hydrogens is 296 g/mol. The minimum absolute atomic E-state index is 0.0371. The van der Waals surface area contributed by atoms with Gasteiger partial charge in [-0.2, -0.15) is 0 Å². The number of carbonyl (C=O) groups is 1. The fraction of sp³-hybridized carbons (Fsp3) is 0.250. The quantitative estimate of drug-likeness (QED) is 0.929. The summed E-state index contributed by atoms with van der Waals surface area (Å²) in [5, 5.41) is 10.5. The van der Waals surface area contributed by atoms with Crippen LogP contribution in [0.25, 0.3) is 0 Å². The van der Waals surface area contributed by atoms with Gasteiger partial charge in [-0.1, -0.05) is 34.1 Å². The Morgan fingerprint density at radius 3 is 2.89 bits per heavy atom. The van der Waals surface area contributed by atoms with Gasteiger partial charge in [-0.3, -0.25) is 4.79 Å². The average Bonchev–Trinajstić information content (AvgIpc) is 2.75. The van der Waals surface area contributed by atoms with Crippen LogP contribution in [0.2, 0.25) is 0 Å². The van der Waals surface area contributed by atoms with Crippen molar-refractivity contribution in [2.45, 2.75) is 13.0 Å². The summed E-state index contributed by atoms with van der Waals surface area (Å²) in [6, 6.07) is 7.68. The molecule has 6 heteroatoms. The van der Waals surface area contributed by atoms with Gasteiger partial charge in [0.25, 0.3) is 0 Å². The molecule has 2 aromatic rings. The lowest BCUT2D eigenvalue weighted by Gasteiger charge is -2.06. The highest BCUT2D eigenvalue weighted by molar-refractivity contribution is 9.10. The molecule has 94 valence electrons. The lowest BCUT2D eigenvalue weighted by Crippen LogP contribution is -2.26. The molecular formula is C12H13BrN4O. The first-order chi connectivity index (χ1) is 8.66. The fourth-order valence-electron chi connectivity index (χ4n) is 1.52. The van der Waals surface area contributed by atoms with Crippen LogP contribution in [-0.2, 0) is 24.8 Å². The molecule has 0 unspecified atom stereocenters. The molecule has 5 nitrogen and oxygen atoms in total. The van der Waals surface area contributed by atoms with Crippen molar-refractivity contribution < 1.29 is 4.79 Å². The highest BCUT2D eigenvalue weighted by Gasteiger charge is 2.07. The number of carbonyl (C=O) groups excluding carboxylic acids is 1. The van der Waals surface area contributed by atoms with E-state index >= 15 is 0 Å². The molecule has 0 saturated carbocycles. The van der Waals surface area contributed by atoms with Crippen molar-refractivity contribution in [1.82, 2.24) is 20.1 Å². The monoisotopic (exact) mass is 308 g/mol. The van der Waals surface area contributed by atoms with Gasteiger partial charge in [0.15, 0.2) is 5.82 Å². The average molecular weight is 309 g/mol. The van der Waals surface area contributed by atoms with Crippen LogP contribution < -0.4 is 5.32 Å². The second-order valence-corrected chi connectivity index (χ2v) is 4.76. The minimum Gasteiger partial charge on any atom is -0.349 e. The summed E-state index contributed by atoms with van der Waals surface area (Å²) in [6.45, 7) is 0.389. The van der Waals surface area contributed by atoms with Gasteiger partial charge in [0.1, 0.15) is 6.33 Å². The van der Waals surface area contributed by atoms with E-state index in [0.717, 1.165) is 15.9 Å². The molecule has 1 heterocycles. The zero-order valence-electron chi connectivity index (χ0n) is 9.93. The van der Waals surface area contributed by atoms with E-state index in [-0.39, 0.29) is 5.91 Å². The van der Waals surface area contributed by atoms with E-state index in [9.17, 15) is 4.79 Å². The molecule has 0 saturated heterocycles. The van der Waals surface area contributed by atoms with Crippen LogP contribution in [0.1, 0.15) is 11.4 Å². The predicted octanol–water partition coefficient (Wildman–Crippen LogP) is 1.44. The maximum absolute atomic E-state index is 11.8. The van der Waals surface area contributed by atoms with Gasteiger partial charge in [-0.05, 0) is 11.6 Å². The third kappa shape index (κ3) is 3.16. The third-order valence-corrected chi connectivity index (χ3v) is 3.33. The summed E-state index contributed by atoms with van der Waals surface area (Å²) in [5.41, 5.74) is 0.966. The lowest BCUT2D eigenvalue weighted by molar-refractivity contribution is -0.120. The van der Waals surface area contributed by atoms with Crippen LogP contribution in [0, 0.1) is 0 Å². The fourth-order valence-corrected chi connectivity index (χ4v) is 1.95. The van der Waals surface area contributed by atoms with E-state index in [4.69, 9.17) is 0 Å². The number of nitrogens with zero attached hydrogens (tertiary/aromatic N) is 3. The standard InChI is InChI=1S/C12H13BrN4O/c1-17-8-15-16-11(17)7-14-12(18)6-9-4-2-3-5-10(9)13/h2-5,8H,6-7H2,1H3,(H,14,18). The van der Waals surface area contributed by atoms with Gasteiger partial charge in [0.2, 0.25) is 5.91 Å². The van der Waals surface area contributed by atoms with Crippen LogP contribution in [-0.4, -0.2) is 20.7 Å². The van der Waals surface area contributed by atoms with Crippen molar-refractivity contribution in [2.75, 3.05) is 0 Å². The number of aromatic nitrogens is 3. The number of rotatable bonds is 4. The molecule has 0 spiro atoms. The van der Waals surface area contributed by atoms with Gasteiger partial charge >= 0.3 is 0 Å². The van der Waals surface area contributed by atoms with Crippen LogP contribution >= 0.6 is 15.9 Å². The molecule has 0 aliphatic rings. The Morgan fingerprint density at radius 2 is 2.22 bits per heavy atom. The first kappa shape index (κ1) is 12.8. The van der Waals surface area contributed by atoms with Crippen molar-refractivity contribution in [3.05, 3.63) is 46.5 Å². The number of benzene rings is 1. The van der Waals surface area contributed by atoms with Gasteiger partial charge in [-0.25, -0.2) is 0 Å². The Bertz CT molecular complexity index is 553. The number of amides is 1. The largest absolute Gasteiger partial charge is 0.349 e. The van der Waals surface area contributed by atoms with Crippen molar-refractivity contribution in [3.8, 4) is 0 Å². The van der Waals surface area contributed by atoms with Crippen molar-refractivity contribution in [1.29, 1.82) is 0 Å². The Balaban J connectivity index is 1.90. The predicted molar refractivity (Wildman–Crippen MR) is 70.7 cm³/mol. The Kier molecular flexibility index (Phi) is 4.09. The molecule has 1 amide bonds. The zero-order chi connectivity index (χ0) is 13.0. The number of hydrogen-bond donors (Lipinski definition) is 1. The van der Waals surface area contributed by atoms with Crippen molar-refractivity contribution in [2.24, 2.45) is 7.05 Å². The minimum atomic E-state index is -0.0371. The van der Waals surface area contributed by atoms with Crippen LogP contribution in [0.3, 0.4) is 0 Å². The molecule has 0 bridgehead atoms. The first-order valence-corrected chi connectivity index (χ1v) is 6.29. The topological polar surface area (TPSA) is 59.8 Å². The van der Waals surface area contributed by atoms with Gasteiger partial charge in [0, 0.05) is 11.5 Å².